The van der Waals surface area contributed by atoms with E-state index >= 15 is 0 Å². The second kappa shape index (κ2) is 9.83. The predicted octanol–water partition coefficient (Wildman–Crippen LogP) is 7.88. The molecular weight excluding hydrogens is 465 g/mol. The van der Waals surface area contributed by atoms with E-state index in [0.29, 0.717) is 27.9 Å². The Morgan fingerprint density at radius 1 is 0.829 bits per heavy atom. The molecule has 1 heterocycles. The van der Waals surface area contributed by atoms with Gasteiger partial charge in [-0.2, -0.15) is 9.78 Å². The van der Waals surface area contributed by atoms with Crippen molar-refractivity contribution >= 4 is 23.3 Å². The number of carbonyl (C=O) groups excluding carboxylic acids is 1. The van der Waals surface area contributed by atoms with Crippen LogP contribution in [0.3, 0.4) is 0 Å². The van der Waals surface area contributed by atoms with Crippen molar-refractivity contribution in [2.75, 3.05) is 5.32 Å². The minimum Gasteiger partial charge on any atom is -0.457 e. The molecule has 35 heavy (non-hydrogen) atoms. The molecule has 0 saturated heterocycles. The zero-order valence-electron chi connectivity index (χ0n) is 18.4. The van der Waals surface area contributed by atoms with Gasteiger partial charge in [0.25, 0.3) is 0 Å². The maximum absolute atomic E-state index is 13.4. The first-order chi connectivity index (χ1) is 17.0. The molecule has 0 spiro atoms. The second-order valence-electron chi connectivity index (χ2n) is 7.72. The first-order valence-corrected chi connectivity index (χ1v) is 11.2. The van der Waals surface area contributed by atoms with Gasteiger partial charge in [0.1, 0.15) is 23.0 Å². The molecule has 0 aliphatic carbocycles. The standard InChI is InChI=1S/C28H19ClFN3O2/c29-21-11-9-20(10-12-21)27-26(19-5-2-1-3-6-19)18-33(32-27)28(34)31-23-13-15-24(16-14-23)35-25-8-4-7-22(30)17-25/h1-18H,(H,31,34). The fourth-order valence-electron chi connectivity index (χ4n) is 3.58. The van der Waals surface area contributed by atoms with E-state index in [2.05, 4.69) is 10.4 Å². The van der Waals surface area contributed by atoms with Crippen LogP contribution in [0.15, 0.2) is 109 Å². The van der Waals surface area contributed by atoms with Crippen LogP contribution in [0.4, 0.5) is 14.9 Å². The zero-order chi connectivity index (χ0) is 24.2. The number of anilines is 1. The van der Waals surface area contributed by atoms with E-state index in [1.165, 1.54) is 16.8 Å². The molecule has 5 nitrogen and oxygen atoms in total. The van der Waals surface area contributed by atoms with Gasteiger partial charge in [-0.1, -0.05) is 60.1 Å². The highest BCUT2D eigenvalue weighted by molar-refractivity contribution is 6.30. The van der Waals surface area contributed by atoms with Crippen molar-refractivity contribution < 1.29 is 13.9 Å². The molecule has 1 N–H and O–H groups in total. The largest absolute Gasteiger partial charge is 0.457 e. The van der Waals surface area contributed by atoms with Crippen molar-refractivity contribution in [1.29, 1.82) is 0 Å². The quantitative estimate of drug-likeness (QED) is 0.276. The summed E-state index contributed by atoms with van der Waals surface area (Å²) in [5.74, 6) is 0.532. The molecule has 0 aliphatic heterocycles. The summed E-state index contributed by atoms with van der Waals surface area (Å²) in [6.45, 7) is 0. The number of benzene rings is 4. The molecule has 4 aromatic carbocycles. The third kappa shape index (κ3) is 5.23. The number of carbonyl (C=O) groups is 1. The molecule has 0 bridgehead atoms. The van der Waals surface area contributed by atoms with Crippen molar-refractivity contribution in [3.63, 3.8) is 0 Å². The smallest absolute Gasteiger partial charge is 0.346 e. The van der Waals surface area contributed by atoms with Crippen LogP contribution in [0.1, 0.15) is 0 Å². The number of aromatic nitrogens is 2. The van der Waals surface area contributed by atoms with E-state index in [0.717, 1.165) is 16.7 Å². The minimum absolute atomic E-state index is 0.376. The van der Waals surface area contributed by atoms with Crippen molar-refractivity contribution in [2.24, 2.45) is 0 Å². The topological polar surface area (TPSA) is 56.1 Å². The van der Waals surface area contributed by atoms with E-state index in [4.69, 9.17) is 16.3 Å². The molecule has 0 radical (unpaired) electrons. The van der Waals surface area contributed by atoms with Crippen LogP contribution in [-0.4, -0.2) is 15.8 Å². The summed E-state index contributed by atoms with van der Waals surface area (Å²) in [4.78, 5) is 13.0. The summed E-state index contributed by atoms with van der Waals surface area (Å²) < 4.78 is 20.3. The molecule has 172 valence electrons. The summed E-state index contributed by atoms with van der Waals surface area (Å²) in [5.41, 5.74) is 3.84. The molecule has 1 aromatic heterocycles. The Balaban J connectivity index is 1.38. The van der Waals surface area contributed by atoms with Gasteiger partial charge >= 0.3 is 6.03 Å². The lowest BCUT2D eigenvalue weighted by molar-refractivity contribution is 0.251. The summed E-state index contributed by atoms with van der Waals surface area (Å²) in [6, 6.07) is 29.3. The number of hydrogen-bond donors (Lipinski definition) is 1. The van der Waals surface area contributed by atoms with Gasteiger partial charge in [-0.25, -0.2) is 9.18 Å². The number of nitrogens with one attached hydrogen (secondary N) is 1. The Hall–Kier alpha value is -4.42. The molecule has 1 amide bonds. The fraction of sp³-hybridized carbons (Fsp3) is 0. The monoisotopic (exact) mass is 483 g/mol. The van der Waals surface area contributed by atoms with E-state index in [1.807, 2.05) is 42.5 Å². The highest BCUT2D eigenvalue weighted by atomic mass is 35.5. The minimum atomic E-state index is -0.416. The summed E-state index contributed by atoms with van der Waals surface area (Å²) in [5, 5.41) is 8.02. The molecule has 0 unspecified atom stereocenters. The van der Waals surface area contributed by atoms with E-state index in [9.17, 15) is 9.18 Å². The number of nitrogens with zero attached hydrogens (tertiary/aromatic N) is 2. The summed E-state index contributed by atoms with van der Waals surface area (Å²) >= 11 is 6.05. The Labute approximate surface area is 206 Å². The van der Waals surface area contributed by atoms with Crippen LogP contribution < -0.4 is 10.1 Å². The number of halogens is 2. The molecule has 0 atom stereocenters. The van der Waals surface area contributed by atoms with E-state index in [-0.39, 0.29) is 5.82 Å². The second-order valence-corrected chi connectivity index (χ2v) is 8.16. The van der Waals surface area contributed by atoms with Crippen LogP contribution >= 0.6 is 11.6 Å². The summed E-state index contributed by atoms with van der Waals surface area (Å²) in [7, 11) is 0. The first kappa shape index (κ1) is 22.4. The fourth-order valence-corrected chi connectivity index (χ4v) is 3.71. The van der Waals surface area contributed by atoms with Gasteiger partial charge in [0.05, 0.1) is 0 Å². The first-order valence-electron chi connectivity index (χ1n) is 10.8. The molecule has 5 aromatic rings. The Morgan fingerprint density at radius 3 is 2.29 bits per heavy atom. The van der Waals surface area contributed by atoms with Crippen LogP contribution in [-0.2, 0) is 0 Å². The third-order valence-corrected chi connectivity index (χ3v) is 5.51. The summed E-state index contributed by atoms with van der Waals surface area (Å²) in [6.07, 6.45) is 1.70. The van der Waals surface area contributed by atoms with Crippen molar-refractivity contribution in [1.82, 2.24) is 9.78 Å². The molecule has 0 fully saturated rings. The van der Waals surface area contributed by atoms with Gasteiger partial charge in [0, 0.05) is 34.1 Å². The highest BCUT2D eigenvalue weighted by Crippen LogP contribution is 2.32. The average molecular weight is 484 g/mol. The number of rotatable bonds is 5. The van der Waals surface area contributed by atoms with Gasteiger partial charge in [-0.15, -0.1) is 0 Å². The Morgan fingerprint density at radius 2 is 1.57 bits per heavy atom. The predicted molar refractivity (Wildman–Crippen MR) is 135 cm³/mol. The average Bonchev–Trinajstić information content (AvgIpc) is 3.32. The molecular formula is C28H19ClFN3O2. The van der Waals surface area contributed by atoms with Gasteiger partial charge in [-0.3, -0.25) is 0 Å². The maximum Gasteiger partial charge on any atom is 0.346 e. The SMILES string of the molecule is O=C(Nc1ccc(Oc2cccc(F)c2)cc1)n1cc(-c2ccccc2)c(-c2ccc(Cl)cc2)n1. The number of ether oxygens (including phenoxy) is 1. The molecule has 0 aliphatic rings. The Kier molecular flexibility index (Phi) is 6.28. The van der Waals surface area contributed by atoms with Crippen molar-refractivity contribution in [3.8, 4) is 33.9 Å². The Bertz CT molecular complexity index is 1470. The van der Waals surface area contributed by atoms with Gasteiger partial charge in [0.2, 0.25) is 0 Å². The lowest BCUT2D eigenvalue weighted by Crippen LogP contribution is -2.19. The van der Waals surface area contributed by atoms with Gasteiger partial charge in [0.15, 0.2) is 0 Å². The molecule has 7 heteroatoms. The number of amides is 1. The highest BCUT2D eigenvalue weighted by Gasteiger charge is 2.17. The molecule has 5 rings (SSSR count). The zero-order valence-corrected chi connectivity index (χ0v) is 19.1. The lowest BCUT2D eigenvalue weighted by atomic mass is 10.0. The van der Waals surface area contributed by atoms with E-state index in [1.54, 1.807) is 54.7 Å². The van der Waals surface area contributed by atoms with Crippen LogP contribution in [0.25, 0.3) is 22.4 Å². The number of hydrogen-bond acceptors (Lipinski definition) is 3. The van der Waals surface area contributed by atoms with E-state index < -0.39 is 6.03 Å². The van der Waals surface area contributed by atoms with Crippen LogP contribution in [0.2, 0.25) is 5.02 Å². The molecule has 0 saturated carbocycles. The van der Waals surface area contributed by atoms with Crippen molar-refractivity contribution in [3.05, 3.63) is 120 Å². The van der Waals surface area contributed by atoms with Crippen LogP contribution in [0.5, 0.6) is 11.5 Å². The van der Waals surface area contributed by atoms with Crippen LogP contribution in [0, 0.1) is 5.82 Å². The maximum atomic E-state index is 13.4. The third-order valence-electron chi connectivity index (χ3n) is 5.26. The lowest BCUT2D eigenvalue weighted by Gasteiger charge is -2.08. The van der Waals surface area contributed by atoms with Gasteiger partial charge < -0.3 is 10.1 Å². The van der Waals surface area contributed by atoms with Gasteiger partial charge in [-0.05, 0) is 54.1 Å². The normalized spacial score (nSPS) is 10.7. The van der Waals surface area contributed by atoms with Crippen molar-refractivity contribution in [2.45, 2.75) is 0 Å².